The Morgan fingerprint density at radius 1 is 1.30 bits per heavy atom. The van der Waals surface area contributed by atoms with Gasteiger partial charge in [-0.05, 0) is 38.3 Å². The first-order valence-electron chi connectivity index (χ1n) is 7.62. The van der Waals surface area contributed by atoms with Crippen molar-refractivity contribution in [1.82, 2.24) is 14.7 Å². The number of amides is 1. The Morgan fingerprint density at radius 3 is 2.61 bits per heavy atom. The van der Waals surface area contributed by atoms with Crippen LogP contribution in [0.15, 0.2) is 30.5 Å². The zero-order valence-corrected chi connectivity index (χ0v) is 13.2. The summed E-state index contributed by atoms with van der Waals surface area (Å²) in [5, 5.41) is 13.4. The Hall–Kier alpha value is -2.63. The van der Waals surface area contributed by atoms with E-state index < -0.39 is 5.97 Å². The fourth-order valence-corrected chi connectivity index (χ4v) is 2.72. The van der Waals surface area contributed by atoms with Gasteiger partial charge in [0, 0.05) is 6.04 Å². The van der Waals surface area contributed by atoms with Crippen LogP contribution in [0.3, 0.4) is 0 Å². The summed E-state index contributed by atoms with van der Waals surface area (Å²) in [5.41, 5.74) is 3.16. The zero-order chi connectivity index (χ0) is 16.6. The lowest BCUT2D eigenvalue weighted by molar-refractivity contribution is -0.137. The van der Waals surface area contributed by atoms with E-state index in [0.29, 0.717) is 5.56 Å². The van der Waals surface area contributed by atoms with Gasteiger partial charge in [0.2, 0.25) is 0 Å². The van der Waals surface area contributed by atoms with Gasteiger partial charge in [0.15, 0.2) is 0 Å². The number of nitrogens with zero attached hydrogens (tertiary/aromatic N) is 3. The number of hydrogen-bond donors (Lipinski definition) is 1. The Labute approximate surface area is 134 Å². The minimum atomic E-state index is -0.991. The topological polar surface area (TPSA) is 75.4 Å². The number of aryl methyl sites for hydroxylation is 1. The number of carbonyl (C=O) groups excluding carboxylic acids is 1. The number of carboxylic acid groups (broad SMARTS) is 1. The standard InChI is InChI=1S/C17H19N3O3/c1-11-5-3-4-6-15(11)20-12(2)14(9-18-20)17(23)19(10-16(21)22)13-7-8-13/h3-6,9,13H,7-8,10H2,1-2H3,(H,21,22). The highest BCUT2D eigenvalue weighted by Crippen LogP contribution is 2.29. The number of aliphatic carboxylic acids is 1. The molecule has 1 aliphatic rings. The smallest absolute Gasteiger partial charge is 0.323 e. The molecule has 1 aromatic heterocycles. The highest BCUT2D eigenvalue weighted by molar-refractivity contribution is 5.97. The van der Waals surface area contributed by atoms with E-state index in [0.717, 1.165) is 29.8 Å². The molecule has 0 bridgehead atoms. The first-order valence-corrected chi connectivity index (χ1v) is 7.62. The molecule has 0 radical (unpaired) electrons. The lowest BCUT2D eigenvalue weighted by Crippen LogP contribution is -2.37. The van der Waals surface area contributed by atoms with Crippen molar-refractivity contribution in [2.75, 3.05) is 6.54 Å². The summed E-state index contributed by atoms with van der Waals surface area (Å²) in [5.74, 6) is -1.25. The second-order valence-electron chi connectivity index (χ2n) is 5.90. The molecule has 1 heterocycles. The number of benzene rings is 1. The highest BCUT2D eigenvalue weighted by atomic mass is 16.4. The van der Waals surface area contributed by atoms with Crippen molar-refractivity contribution in [3.8, 4) is 5.69 Å². The molecule has 120 valence electrons. The van der Waals surface area contributed by atoms with Gasteiger partial charge in [-0.15, -0.1) is 0 Å². The van der Waals surface area contributed by atoms with E-state index in [2.05, 4.69) is 5.10 Å². The third-order valence-corrected chi connectivity index (χ3v) is 4.14. The Bertz CT molecular complexity index is 762. The summed E-state index contributed by atoms with van der Waals surface area (Å²) in [6.45, 7) is 3.55. The van der Waals surface area contributed by atoms with Crippen molar-refractivity contribution >= 4 is 11.9 Å². The molecule has 3 rings (SSSR count). The second-order valence-corrected chi connectivity index (χ2v) is 5.90. The van der Waals surface area contributed by atoms with Crippen molar-refractivity contribution in [3.63, 3.8) is 0 Å². The van der Waals surface area contributed by atoms with Crippen LogP contribution < -0.4 is 0 Å². The van der Waals surface area contributed by atoms with Crippen molar-refractivity contribution in [1.29, 1.82) is 0 Å². The summed E-state index contributed by atoms with van der Waals surface area (Å²) >= 11 is 0. The number of carbonyl (C=O) groups is 2. The summed E-state index contributed by atoms with van der Waals surface area (Å²) in [4.78, 5) is 25.2. The van der Waals surface area contributed by atoms with Crippen LogP contribution >= 0.6 is 0 Å². The van der Waals surface area contributed by atoms with Gasteiger partial charge in [-0.2, -0.15) is 5.10 Å². The van der Waals surface area contributed by atoms with E-state index in [1.54, 1.807) is 4.68 Å². The maximum Gasteiger partial charge on any atom is 0.323 e. The SMILES string of the molecule is Cc1ccccc1-n1ncc(C(=O)N(CC(=O)O)C2CC2)c1C. The Balaban J connectivity index is 1.93. The van der Waals surface area contributed by atoms with Gasteiger partial charge in [0.1, 0.15) is 6.54 Å². The van der Waals surface area contributed by atoms with E-state index >= 15 is 0 Å². The monoisotopic (exact) mass is 313 g/mol. The van der Waals surface area contributed by atoms with Gasteiger partial charge in [-0.3, -0.25) is 9.59 Å². The van der Waals surface area contributed by atoms with Gasteiger partial charge >= 0.3 is 5.97 Å². The van der Waals surface area contributed by atoms with Crippen molar-refractivity contribution in [2.45, 2.75) is 32.7 Å². The molecule has 1 fully saturated rings. The molecular formula is C17H19N3O3. The van der Waals surface area contributed by atoms with Crippen LogP contribution in [0.4, 0.5) is 0 Å². The average molecular weight is 313 g/mol. The number of para-hydroxylation sites is 1. The first-order chi connectivity index (χ1) is 11.0. The normalized spacial score (nSPS) is 13.8. The molecule has 1 aromatic carbocycles. The van der Waals surface area contributed by atoms with E-state index in [-0.39, 0.29) is 18.5 Å². The largest absolute Gasteiger partial charge is 0.480 e. The van der Waals surface area contributed by atoms with Crippen LogP contribution in [0, 0.1) is 13.8 Å². The molecule has 0 spiro atoms. The molecule has 2 aromatic rings. The van der Waals surface area contributed by atoms with Crippen molar-refractivity contribution in [3.05, 3.63) is 47.3 Å². The summed E-state index contributed by atoms with van der Waals surface area (Å²) < 4.78 is 1.73. The lowest BCUT2D eigenvalue weighted by Gasteiger charge is -2.20. The molecule has 6 heteroatoms. The van der Waals surface area contributed by atoms with E-state index in [9.17, 15) is 9.59 Å². The van der Waals surface area contributed by atoms with Gasteiger partial charge in [0.05, 0.1) is 23.1 Å². The van der Waals surface area contributed by atoms with E-state index in [1.165, 1.54) is 11.1 Å². The van der Waals surface area contributed by atoms with Crippen LogP contribution in [0.2, 0.25) is 0 Å². The third kappa shape index (κ3) is 2.97. The molecule has 0 unspecified atom stereocenters. The number of hydrogen-bond acceptors (Lipinski definition) is 3. The molecule has 1 amide bonds. The van der Waals surface area contributed by atoms with Crippen LogP contribution in [-0.2, 0) is 4.79 Å². The molecular weight excluding hydrogens is 294 g/mol. The van der Waals surface area contributed by atoms with E-state index in [1.807, 2.05) is 38.1 Å². The number of aromatic nitrogens is 2. The third-order valence-electron chi connectivity index (χ3n) is 4.14. The minimum Gasteiger partial charge on any atom is -0.480 e. The molecule has 1 saturated carbocycles. The van der Waals surface area contributed by atoms with Crippen LogP contribution in [-0.4, -0.2) is 44.3 Å². The maximum absolute atomic E-state index is 12.7. The molecule has 6 nitrogen and oxygen atoms in total. The van der Waals surface area contributed by atoms with Gasteiger partial charge < -0.3 is 10.0 Å². The molecule has 1 aliphatic carbocycles. The zero-order valence-electron chi connectivity index (χ0n) is 13.2. The maximum atomic E-state index is 12.7. The molecule has 0 aliphatic heterocycles. The van der Waals surface area contributed by atoms with Crippen LogP contribution in [0.5, 0.6) is 0 Å². The van der Waals surface area contributed by atoms with Gasteiger partial charge in [-0.25, -0.2) is 4.68 Å². The average Bonchev–Trinajstić information content (AvgIpc) is 3.28. The van der Waals surface area contributed by atoms with Crippen molar-refractivity contribution in [2.24, 2.45) is 0 Å². The Morgan fingerprint density at radius 2 is 2.00 bits per heavy atom. The minimum absolute atomic E-state index is 0.0415. The second kappa shape index (κ2) is 5.87. The number of carboxylic acids is 1. The fourth-order valence-electron chi connectivity index (χ4n) is 2.72. The van der Waals surface area contributed by atoms with Crippen molar-refractivity contribution < 1.29 is 14.7 Å². The van der Waals surface area contributed by atoms with Gasteiger partial charge in [0.25, 0.3) is 5.91 Å². The highest BCUT2D eigenvalue weighted by Gasteiger charge is 2.35. The van der Waals surface area contributed by atoms with E-state index in [4.69, 9.17) is 5.11 Å². The number of rotatable bonds is 5. The molecule has 1 N–H and O–H groups in total. The fraction of sp³-hybridized carbons (Fsp3) is 0.353. The predicted octanol–water partition coefficient (Wildman–Crippen LogP) is 2.18. The quantitative estimate of drug-likeness (QED) is 0.918. The predicted molar refractivity (Wildman–Crippen MR) is 84.7 cm³/mol. The first kappa shape index (κ1) is 15.3. The lowest BCUT2D eigenvalue weighted by atomic mass is 10.2. The molecule has 0 atom stereocenters. The summed E-state index contributed by atoms with van der Waals surface area (Å²) in [6, 6.07) is 7.84. The Kier molecular flexibility index (Phi) is 3.90. The van der Waals surface area contributed by atoms with Crippen LogP contribution in [0.25, 0.3) is 5.69 Å². The molecule has 0 saturated heterocycles. The van der Waals surface area contributed by atoms with Crippen LogP contribution in [0.1, 0.15) is 34.5 Å². The summed E-state index contributed by atoms with van der Waals surface area (Å²) in [6.07, 6.45) is 3.26. The van der Waals surface area contributed by atoms with Gasteiger partial charge in [-0.1, -0.05) is 18.2 Å². The molecule has 23 heavy (non-hydrogen) atoms. The summed E-state index contributed by atoms with van der Waals surface area (Å²) in [7, 11) is 0.